The van der Waals surface area contributed by atoms with Gasteiger partial charge in [0.15, 0.2) is 5.78 Å². The van der Waals surface area contributed by atoms with Gasteiger partial charge in [-0.15, -0.1) is 0 Å². The number of para-hydroxylation sites is 1. The lowest BCUT2D eigenvalue weighted by atomic mass is 9.96. The first-order chi connectivity index (χ1) is 11.6. The van der Waals surface area contributed by atoms with Gasteiger partial charge in [0.1, 0.15) is 17.1 Å². The zero-order chi connectivity index (χ0) is 17.3. The number of hydrogen-bond acceptors (Lipinski definition) is 4. The number of aryl methyl sites for hydroxylation is 1. The zero-order valence-electron chi connectivity index (χ0n) is 14.0. The van der Waals surface area contributed by atoms with Gasteiger partial charge in [0.25, 0.3) is 5.91 Å². The minimum atomic E-state index is -0.229. The number of carbonyl (C=O) groups is 2. The summed E-state index contributed by atoms with van der Waals surface area (Å²) in [6, 6.07) is 10.7. The molecule has 1 aliphatic heterocycles. The molecule has 0 aromatic heterocycles. The molecule has 1 heterocycles. The van der Waals surface area contributed by atoms with Gasteiger partial charge >= 0.3 is 0 Å². The minimum Gasteiger partial charge on any atom is -0.496 e. The van der Waals surface area contributed by atoms with Crippen molar-refractivity contribution in [1.29, 1.82) is 0 Å². The number of hydrogen-bond donors (Lipinski definition) is 0. The fourth-order valence-electron chi connectivity index (χ4n) is 3.10. The smallest absolute Gasteiger partial charge is 0.265 e. The highest BCUT2D eigenvalue weighted by atomic mass is 16.5. The van der Waals surface area contributed by atoms with Crippen LogP contribution in [0.3, 0.4) is 0 Å². The molecule has 124 valence electrons. The van der Waals surface area contributed by atoms with Crippen LogP contribution in [0.1, 0.15) is 32.7 Å². The van der Waals surface area contributed by atoms with E-state index in [1.165, 1.54) is 14.2 Å². The third-order valence-corrected chi connectivity index (χ3v) is 4.26. The summed E-state index contributed by atoms with van der Waals surface area (Å²) in [6.45, 7) is 2.24. The summed E-state index contributed by atoms with van der Waals surface area (Å²) in [5, 5.41) is 0. The van der Waals surface area contributed by atoms with Gasteiger partial charge in [0.05, 0.1) is 19.9 Å². The molecule has 0 fully saturated rings. The maximum atomic E-state index is 13.2. The van der Waals surface area contributed by atoms with Crippen LogP contribution in [-0.4, -0.2) is 32.5 Å². The fraction of sp³-hybridized carbons (Fsp3) is 0.263. The molecule has 0 bridgehead atoms. The van der Waals surface area contributed by atoms with Crippen molar-refractivity contribution in [2.45, 2.75) is 13.3 Å². The Morgan fingerprint density at radius 2 is 1.67 bits per heavy atom. The Hall–Kier alpha value is -2.82. The van der Waals surface area contributed by atoms with Gasteiger partial charge in [-0.1, -0.05) is 18.2 Å². The van der Waals surface area contributed by atoms with Gasteiger partial charge in [-0.25, -0.2) is 0 Å². The monoisotopic (exact) mass is 325 g/mol. The molecule has 1 aliphatic rings. The molecule has 0 aliphatic carbocycles. The first-order valence-corrected chi connectivity index (χ1v) is 7.74. The van der Waals surface area contributed by atoms with E-state index < -0.39 is 0 Å². The highest BCUT2D eigenvalue weighted by Gasteiger charge is 2.32. The van der Waals surface area contributed by atoms with Crippen molar-refractivity contribution in [2.24, 2.45) is 0 Å². The topological polar surface area (TPSA) is 55.8 Å². The zero-order valence-corrected chi connectivity index (χ0v) is 14.0. The number of fused-ring (bicyclic) bond motifs is 1. The Labute approximate surface area is 140 Å². The van der Waals surface area contributed by atoms with Crippen molar-refractivity contribution in [1.82, 2.24) is 0 Å². The molecule has 0 unspecified atom stereocenters. The SMILES string of the molecule is COc1cccc(OC)c1C(=O)N1CCC(=O)c2cccc(C)c21. The lowest BCUT2D eigenvalue weighted by Crippen LogP contribution is -2.38. The number of ketones is 1. The van der Waals surface area contributed by atoms with Crippen molar-refractivity contribution in [3.63, 3.8) is 0 Å². The predicted octanol–water partition coefficient (Wildman–Crippen LogP) is 3.25. The molecular formula is C19H19NO4. The summed E-state index contributed by atoms with van der Waals surface area (Å²) >= 11 is 0. The Bertz CT molecular complexity index is 791. The van der Waals surface area contributed by atoms with Gasteiger partial charge < -0.3 is 14.4 Å². The van der Waals surface area contributed by atoms with Gasteiger partial charge in [0, 0.05) is 18.5 Å². The number of ether oxygens (including phenoxy) is 2. The molecule has 0 radical (unpaired) electrons. The Morgan fingerprint density at radius 1 is 1.04 bits per heavy atom. The van der Waals surface area contributed by atoms with Crippen LogP contribution in [0, 0.1) is 6.92 Å². The van der Waals surface area contributed by atoms with E-state index in [4.69, 9.17) is 9.47 Å². The Balaban J connectivity index is 2.14. The molecule has 5 nitrogen and oxygen atoms in total. The molecule has 0 saturated heterocycles. The summed E-state index contributed by atoms with van der Waals surface area (Å²) in [4.78, 5) is 27.1. The quantitative estimate of drug-likeness (QED) is 0.869. The number of nitrogens with zero attached hydrogens (tertiary/aromatic N) is 1. The number of carbonyl (C=O) groups excluding carboxylic acids is 2. The fourth-order valence-corrected chi connectivity index (χ4v) is 3.10. The molecule has 0 saturated carbocycles. The van der Waals surface area contributed by atoms with E-state index in [1.807, 2.05) is 19.1 Å². The maximum Gasteiger partial charge on any atom is 0.265 e. The average Bonchev–Trinajstić information content (AvgIpc) is 2.61. The normalized spacial score (nSPS) is 13.5. The molecule has 0 spiro atoms. The third kappa shape index (κ3) is 2.52. The van der Waals surface area contributed by atoms with Gasteiger partial charge in [0.2, 0.25) is 0 Å². The number of methoxy groups -OCH3 is 2. The molecule has 0 N–H and O–H groups in total. The van der Waals surface area contributed by atoms with Gasteiger partial charge in [-0.3, -0.25) is 9.59 Å². The number of rotatable bonds is 3. The van der Waals surface area contributed by atoms with E-state index in [0.29, 0.717) is 41.3 Å². The van der Waals surface area contributed by atoms with E-state index in [1.54, 1.807) is 29.2 Å². The molecule has 3 rings (SSSR count). The van der Waals surface area contributed by atoms with Crippen LogP contribution in [0.15, 0.2) is 36.4 Å². The van der Waals surface area contributed by atoms with Crippen LogP contribution in [0.4, 0.5) is 5.69 Å². The largest absolute Gasteiger partial charge is 0.496 e. The summed E-state index contributed by atoms with van der Waals surface area (Å²) in [5.41, 5.74) is 2.52. The number of anilines is 1. The summed E-state index contributed by atoms with van der Waals surface area (Å²) in [7, 11) is 3.04. The Kier molecular flexibility index (Phi) is 4.25. The second kappa shape index (κ2) is 6.35. The van der Waals surface area contributed by atoms with Crippen LogP contribution in [0.25, 0.3) is 0 Å². The van der Waals surface area contributed by atoms with E-state index in [9.17, 15) is 9.59 Å². The molecule has 0 atom stereocenters. The predicted molar refractivity (Wildman–Crippen MR) is 91.3 cm³/mol. The van der Waals surface area contributed by atoms with E-state index in [-0.39, 0.29) is 11.7 Å². The Morgan fingerprint density at radius 3 is 2.29 bits per heavy atom. The van der Waals surface area contributed by atoms with E-state index in [0.717, 1.165) is 5.56 Å². The van der Waals surface area contributed by atoms with Crippen LogP contribution >= 0.6 is 0 Å². The number of amides is 1. The first-order valence-electron chi connectivity index (χ1n) is 7.74. The summed E-state index contributed by atoms with van der Waals surface area (Å²) in [5.74, 6) is 0.731. The second-order valence-corrected chi connectivity index (χ2v) is 5.64. The van der Waals surface area contributed by atoms with Crippen molar-refractivity contribution in [2.75, 3.05) is 25.7 Å². The second-order valence-electron chi connectivity index (χ2n) is 5.64. The van der Waals surface area contributed by atoms with E-state index in [2.05, 4.69) is 0 Å². The van der Waals surface area contributed by atoms with Crippen LogP contribution < -0.4 is 14.4 Å². The van der Waals surface area contributed by atoms with Crippen LogP contribution in [0.5, 0.6) is 11.5 Å². The molecule has 5 heteroatoms. The molecule has 2 aromatic rings. The molecule has 24 heavy (non-hydrogen) atoms. The molecular weight excluding hydrogens is 306 g/mol. The van der Waals surface area contributed by atoms with Crippen molar-refractivity contribution >= 4 is 17.4 Å². The van der Waals surface area contributed by atoms with Crippen molar-refractivity contribution in [3.05, 3.63) is 53.1 Å². The van der Waals surface area contributed by atoms with Gasteiger partial charge in [-0.2, -0.15) is 0 Å². The highest BCUT2D eigenvalue weighted by Crippen LogP contribution is 2.35. The lowest BCUT2D eigenvalue weighted by molar-refractivity contribution is 0.0952. The van der Waals surface area contributed by atoms with Crippen LogP contribution in [-0.2, 0) is 0 Å². The molecule has 1 amide bonds. The minimum absolute atomic E-state index is 0.0599. The highest BCUT2D eigenvalue weighted by molar-refractivity contribution is 6.15. The summed E-state index contributed by atoms with van der Waals surface area (Å²) in [6.07, 6.45) is 0.305. The van der Waals surface area contributed by atoms with E-state index >= 15 is 0 Å². The number of benzene rings is 2. The van der Waals surface area contributed by atoms with Crippen molar-refractivity contribution in [3.8, 4) is 11.5 Å². The first kappa shape index (κ1) is 16.1. The standard InChI is InChI=1S/C19H19NO4/c1-12-6-4-7-13-14(21)10-11-20(18(12)13)19(22)17-15(23-2)8-5-9-16(17)24-3/h4-9H,10-11H2,1-3H3. The summed E-state index contributed by atoms with van der Waals surface area (Å²) < 4.78 is 10.7. The molecule has 2 aromatic carbocycles. The number of Topliss-reactive ketones (excluding diaryl/α,β-unsaturated/α-hetero) is 1. The van der Waals surface area contributed by atoms with Crippen molar-refractivity contribution < 1.29 is 19.1 Å². The van der Waals surface area contributed by atoms with Crippen LogP contribution in [0.2, 0.25) is 0 Å². The lowest BCUT2D eigenvalue weighted by Gasteiger charge is -2.31. The average molecular weight is 325 g/mol. The van der Waals surface area contributed by atoms with Gasteiger partial charge in [-0.05, 0) is 30.7 Å². The maximum absolute atomic E-state index is 13.2. The third-order valence-electron chi connectivity index (χ3n) is 4.26.